The molecule has 1 aliphatic rings. The SMILES string of the molecule is Cc1ccc(NS(=O)(=O)c2ccc(N3CCCCS3(=O)=O)cc2)cc1-c1ncc2ccccc2n1. The summed E-state index contributed by atoms with van der Waals surface area (Å²) in [7, 11) is -7.26. The van der Waals surface area contributed by atoms with Crippen molar-refractivity contribution in [1.82, 2.24) is 9.97 Å². The van der Waals surface area contributed by atoms with E-state index < -0.39 is 20.0 Å². The van der Waals surface area contributed by atoms with Crippen LogP contribution in [-0.4, -0.2) is 39.1 Å². The fourth-order valence-corrected chi connectivity index (χ4v) is 6.80. The second-order valence-corrected chi connectivity index (χ2v) is 12.2. The Morgan fingerprint density at radius 2 is 1.74 bits per heavy atom. The molecule has 1 saturated heterocycles. The predicted molar refractivity (Wildman–Crippen MR) is 137 cm³/mol. The van der Waals surface area contributed by atoms with Crippen LogP contribution < -0.4 is 9.03 Å². The van der Waals surface area contributed by atoms with E-state index in [1.807, 2.05) is 37.3 Å². The number of nitrogens with one attached hydrogen (secondary N) is 1. The van der Waals surface area contributed by atoms with Crippen molar-refractivity contribution in [2.45, 2.75) is 24.7 Å². The molecule has 1 N–H and O–H groups in total. The maximum Gasteiger partial charge on any atom is 0.261 e. The summed E-state index contributed by atoms with van der Waals surface area (Å²) in [6, 6.07) is 18.8. The molecule has 2 heterocycles. The molecule has 35 heavy (non-hydrogen) atoms. The van der Waals surface area contributed by atoms with E-state index in [2.05, 4.69) is 14.7 Å². The van der Waals surface area contributed by atoms with Crippen molar-refractivity contribution in [2.75, 3.05) is 21.3 Å². The van der Waals surface area contributed by atoms with Crippen LogP contribution in [-0.2, 0) is 20.0 Å². The number of rotatable bonds is 5. The molecule has 8 nitrogen and oxygen atoms in total. The van der Waals surface area contributed by atoms with Crippen molar-refractivity contribution < 1.29 is 16.8 Å². The highest BCUT2D eigenvalue weighted by Gasteiger charge is 2.26. The number of fused-ring (bicyclic) bond motifs is 1. The Morgan fingerprint density at radius 1 is 0.971 bits per heavy atom. The first-order chi connectivity index (χ1) is 16.7. The molecule has 1 fully saturated rings. The van der Waals surface area contributed by atoms with Gasteiger partial charge in [0.25, 0.3) is 10.0 Å². The molecule has 5 rings (SSSR count). The molecular formula is C25H24N4O4S2. The van der Waals surface area contributed by atoms with Crippen molar-refractivity contribution in [2.24, 2.45) is 0 Å². The number of anilines is 2. The van der Waals surface area contributed by atoms with Gasteiger partial charge in [-0.15, -0.1) is 0 Å². The fourth-order valence-electron chi connectivity index (χ4n) is 4.11. The minimum atomic E-state index is -3.89. The molecule has 3 aromatic carbocycles. The zero-order chi connectivity index (χ0) is 24.6. The van der Waals surface area contributed by atoms with E-state index in [0.29, 0.717) is 30.2 Å². The van der Waals surface area contributed by atoms with Gasteiger partial charge in [-0.1, -0.05) is 24.3 Å². The molecule has 0 amide bonds. The van der Waals surface area contributed by atoms with E-state index in [0.717, 1.165) is 28.5 Å². The number of benzene rings is 3. The molecule has 0 atom stereocenters. The molecule has 0 spiro atoms. The molecule has 10 heteroatoms. The van der Waals surface area contributed by atoms with Crippen molar-refractivity contribution in [1.29, 1.82) is 0 Å². The lowest BCUT2D eigenvalue weighted by Gasteiger charge is -2.28. The van der Waals surface area contributed by atoms with E-state index in [1.165, 1.54) is 28.6 Å². The lowest BCUT2D eigenvalue weighted by molar-refractivity contribution is 0.574. The molecular weight excluding hydrogens is 484 g/mol. The molecule has 1 aromatic heterocycles. The Bertz CT molecular complexity index is 1620. The molecule has 0 aliphatic carbocycles. The van der Waals surface area contributed by atoms with Gasteiger partial charge in [-0.3, -0.25) is 9.03 Å². The van der Waals surface area contributed by atoms with Gasteiger partial charge in [0.15, 0.2) is 5.82 Å². The van der Waals surface area contributed by atoms with Crippen LogP contribution in [0.4, 0.5) is 11.4 Å². The number of aryl methyl sites for hydroxylation is 1. The molecule has 180 valence electrons. The van der Waals surface area contributed by atoms with Crippen LogP contribution in [0.1, 0.15) is 18.4 Å². The second kappa shape index (κ2) is 8.94. The van der Waals surface area contributed by atoms with Gasteiger partial charge in [-0.05, 0) is 67.8 Å². The van der Waals surface area contributed by atoms with Crippen LogP contribution >= 0.6 is 0 Å². The quantitative estimate of drug-likeness (QED) is 0.430. The highest BCUT2D eigenvalue weighted by Crippen LogP contribution is 2.28. The maximum atomic E-state index is 13.0. The predicted octanol–water partition coefficient (Wildman–Crippen LogP) is 4.34. The Morgan fingerprint density at radius 3 is 2.51 bits per heavy atom. The lowest BCUT2D eigenvalue weighted by Crippen LogP contribution is -2.37. The molecule has 0 radical (unpaired) electrons. The van der Waals surface area contributed by atoms with E-state index >= 15 is 0 Å². The third-order valence-electron chi connectivity index (χ3n) is 6.00. The number of aromatic nitrogens is 2. The first-order valence-corrected chi connectivity index (χ1v) is 14.3. The topological polar surface area (TPSA) is 109 Å². The molecule has 4 aromatic rings. The summed E-state index contributed by atoms with van der Waals surface area (Å²) in [5.41, 5.74) is 3.29. The highest BCUT2D eigenvalue weighted by molar-refractivity contribution is 7.93. The number of nitrogens with zero attached hydrogens (tertiary/aromatic N) is 3. The second-order valence-electron chi connectivity index (χ2n) is 8.48. The minimum absolute atomic E-state index is 0.0414. The Hall–Kier alpha value is -3.50. The smallest absolute Gasteiger partial charge is 0.261 e. The summed E-state index contributed by atoms with van der Waals surface area (Å²) in [4.78, 5) is 9.12. The first-order valence-electron chi connectivity index (χ1n) is 11.2. The average molecular weight is 509 g/mol. The summed E-state index contributed by atoms with van der Waals surface area (Å²) in [5, 5.41) is 0.923. The van der Waals surface area contributed by atoms with Crippen molar-refractivity contribution >= 4 is 42.3 Å². The summed E-state index contributed by atoms with van der Waals surface area (Å²) >= 11 is 0. The Labute approximate surface area is 204 Å². The van der Waals surface area contributed by atoms with E-state index in [1.54, 1.807) is 18.3 Å². The summed E-state index contributed by atoms with van der Waals surface area (Å²) in [6.45, 7) is 2.31. The van der Waals surface area contributed by atoms with Crippen LogP contribution in [0, 0.1) is 6.92 Å². The van der Waals surface area contributed by atoms with Gasteiger partial charge < -0.3 is 0 Å². The van der Waals surface area contributed by atoms with Crippen molar-refractivity contribution in [3.63, 3.8) is 0 Å². The molecule has 0 unspecified atom stereocenters. The van der Waals surface area contributed by atoms with Gasteiger partial charge in [0, 0.05) is 29.4 Å². The van der Waals surface area contributed by atoms with Crippen LogP contribution in [0.3, 0.4) is 0 Å². The zero-order valence-electron chi connectivity index (χ0n) is 19.0. The first kappa shape index (κ1) is 23.3. The summed E-state index contributed by atoms with van der Waals surface area (Å²) in [6.07, 6.45) is 3.16. The Balaban J connectivity index is 1.41. The highest BCUT2D eigenvalue weighted by atomic mass is 32.2. The number of para-hydroxylation sites is 1. The largest absolute Gasteiger partial charge is 0.280 e. The van der Waals surface area contributed by atoms with E-state index in [4.69, 9.17) is 0 Å². The van der Waals surface area contributed by atoms with Gasteiger partial charge in [-0.2, -0.15) is 0 Å². The van der Waals surface area contributed by atoms with Crippen molar-refractivity contribution in [3.8, 4) is 11.4 Å². The Kier molecular flexibility index (Phi) is 5.94. The van der Waals surface area contributed by atoms with Crippen LogP contribution in [0.25, 0.3) is 22.3 Å². The summed E-state index contributed by atoms with van der Waals surface area (Å²) < 4.78 is 54.7. The van der Waals surface area contributed by atoms with Crippen LogP contribution in [0.5, 0.6) is 0 Å². The maximum absolute atomic E-state index is 13.0. The van der Waals surface area contributed by atoms with Gasteiger partial charge in [0.1, 0.15) is 0 Å². The van der Waals surface area contributed by atoms with Crippen LogP contribution in [0.2, 0.25) is 0 Å². The zero-order valence-corrected chi connectivity index (χ0v) is 20.7. The average Bonchev–Trinajstić information content (AvgIpc) is 2.84. The molecule has 0 saturated carbocycles. The third kappa shape index (κ3) is 4.71. The summed E-state index contributed by atoms with van der Waals surface area (Å²) in [5.74, 6) is 0.611. The van der Waals surface area contributed by atoms with Gasteiger partial charge in [-0.25, -0.2) is 26.8 Å². The molecule has 1 aliphatic heterocycles. The van der Waals surface area contributed by atoms with E-state index in [9.17, 15) is 16.8 Å². The lowest BCUT2D eigenvalue weighted by atomic mass is 10.1. The van der Waals surface area contributed by atoms with Gasteiger partial charge in [0.2, 0.25) is 10.0 Å². The fraction of sp³-hybridized carbons (Fsp3) is 0.200. The third-order valence-corrected chi connectivity index (χ3v) is 9.27. The molecule has 0 bridgehead atoms. The van der Waals surface area contributed by atoms with Crippen molar-refractivity contribution in [3.05, 3.63) is 78.5 Å². The van der Waals surface area contributed by atoms with Gasteiger partial charge in [0.05, 0.1) is 21.9 Å². The monoisotopic (exact) mass is 508 g/mol. The van der Waals surface area contributed by atoms with E-state index in [-0.39, 0.29) is 10.6 Å². The number of sulfonamides is 2. The standard InChI is InChI=1S/C25H24N4O4S2/c1-18-8-9-20(16-23(18)25-26-17-19-6-2-3-7-24(19)27-25)28-35(32,33)22-12-10-21(11-13-22)29-14-4-5-15-34(29,30)31/h2-3,6-13,16-17,28H,4-5,14-15H2,1H3. The normalized spacial score (nSPS) is 15.7. The minimum Gasteiger partial charge on any atom is -0.280 e. The van der Waals surface area contributed by atoms with Crippen LogP contribution in [0.15, 0.2) is 77.8 Å². The number of hydrogen-bond acceptors (Lipinski definition) is 6. The number of hydrogen-bond donors (Lipinski definition) is 1. The van der Waals surface area contributed by atoms with Gasteiger partial charge >= 0.3 is 0 Å².